The minimum atomic E-state index is 0.0976. The number of aromatic nitrogens is 1. The van der Waals surface area contributed by atoms with Gasteiger partial charge in [-0.2, -0.15) is 0 Å². The molecule has 1 aromatic heterocycles. The normalized spacial score (nSPS) is 17.2. The van der Waals surface area contributed by atoms with E-state index in [1.807, 2.05) is 11.4 Å². The maximum absolute atomic E-state index is 12.2. The molecule has 1 unspecified atom stereocenters. The van der Waals surface area contributed by atoms with Gasteiger partial charge in [0.1, 0.15) is 0 Å². The summed E-state index contributed by atoms with van der Waals surface area (Å²) in [4.78, 5) is 16.4. The van der Waals surface area contributed by atoms with Crippen LogP contribution >= 0.6 is 11.3 Å². The van der Waals surface area contributed by atoms with Gasteiger partial charge in [0, 0.05) is 24.3 Å². The molecular formula is C16H19N3OS. The van der Waals surface area contributed by atoms with Gasteiger partial charge in [-0.15, -0.1) is 11.3 Å². The Bertz CT molecular complexity index is 638. The number of fused-ring (bicyclic) bond motifs is 1. The fourth-order valence-corrected chi connectivity index (χ4v) is 3.41. The number of carbonyl (C=O) groups is 1. The molecule has 3 N–H and O–H groups in total. The third-order valence-electron chi connectivity index (χ3n) is 3.97. The molecule has 1 heterocycles. The molecule has 4 nitrogen and oxygen atoms in total. The highest BCUT2D eigenvalue weighted by Gasteiger charge is 2.23. The average Bonchev–Trinajstić information content (AvgIpc) is 2.92. The van der Waals surface area contributed by atoms with Crippen molar-refractivity contribution < 1.29 is 4.79 Å². The average molecular weight is 301 g/mol. The lowest BCUT2D eigenvalue weighted by Crippen LogP contribution is -2.35. The topological polar surface area (TPSA) is 68.0 Å². The fourth-order valence-electron chi connectivity index (χ4n) is 2.82. The van der Waals surface area contributed by atoms with Gasteiger partial charge < -0.3 is 11.1 Å². The van der Waals surface area contributed by atoms with E-state index in [1.165, 1.54) is 22.5 Å². The van der Waals surface area contributed by atoms with Crippen LogP contribution in [0.3, 0.4) is 0 Å². The number of hydrogen-bond acceptors (Lipinski definition) is 4. The van der Waals surface area contributed by atoms with Crippen LogP contribution in [0.2, 0.25) is 0 Å². The molecule has 0 saturated carbocycles. The predicted molar refractivity (Wildman–Crippen MR) is 85.2 cm³/mol. The zero-order valence-electron chi connectivity index (χ0n) is 11.8. The Morgan fingerprint density at radius 1 is 1.38 bits per heavy atom. The van der Waals surface area contributed by atoms with Crippen molar-refractivity contribution in [3.05, 3.63) is 46.5 Å². The number of anilines is 1. The Morgan fingerprint density at radius 3 is 2.95 bits per heavy atom. The Labute approximate surface area is 128 Å². The number of rotatable bonds is 4. The second kappa shape index (κ2) is 6.26. The third kappa shape index (κ3) is 3.42. The SMILES string of the molecule is Nc1nc(CCNC(=O)C2CCc3ccccc3C2)cs1. The van der Waals surface area contributed by atoms with Crippen LogP contribution in [0, 0.1) is 5.92 Å². The van der Waals surface area contributed by atoms with Crippen LogP contribution in [0.4, 0.5) is 5.13 Å². The van der Waals surface area contributed by atoms with Gasteiger partial charge in [0.25, 0.3) is 0 Å². The monoisotopic (exact) mass is 301 g/mol. The number of carbonyl (C=O) groups excluding carboxylic acids is 1. The predicted octanol–water partition coefficient (Wildman–Crippen LogP) is 2.19. The quantitative estimate of drug-likeness (QED) is 0.909. The highest BCUT2D eigenvalue weighted by molar-refractivity contribution is 7.13. The van der Waals surface area contributed by atoms with Crippen molar-refractivity contribution in [1.82, 2.24) is 10.3 Å². The summed E-state index contributed by atoms with van der Waals surface area (Å²) in [5, 5.41) is 5.55. The molecule has 1 aromatic carbocycles. The minimum absolute atomic E-state index is 0.0976. The Hall–Kier alpha value is -1.88. The second-order valence-electron chi connectivity index (χ2n) is 5.43. The fraction of sp³-hybridized carbons (Fsp3) is 0.375. The van der Waals surface area contributed by atoms with Gasteiger partial charge in [0.15, 0.2) is 5.13 Å². The van der Waals surface area contributed by atoms with Crippen LogP contribution in [0.25, 0.3) is 0 Å². The summed E-state index contributed by atoms with van der Waals surface area (Å²) in [5.74, 6) is 0.258. The van der Waals surface area contributed by atoms with Gasteiger partial charge in [-0.3, -0.25) is 4.79 Å². The molecule has 0 spiro atoms. The summed E-state index contributed by atoms with van der Waals surface area (Å²) >= 11 is 1.44. The molecule has 1 aliphatic rings. The summed E-state index contributed by atoms with van der Waals surface area (Å²) < 4.78 is 0. The highest BCUT2D eigenvalue weighted by Crippen LogP contribution is 2.25. The second-order valence-corrected chi connectivity index (χ2v) is 6.32. The third-order valence-corrected chi connectivity index (χ3v) is 4.69. The smallest absolute Gasteiger partial charge is 0.223 e. The maximum Gasteiger partial charge on any atom is 0.223 e. The number of nitrogen functional groups attached to an aromatic ring is 1. The van der Waals surface area contributed by atoms with Gasteiger partial charge >= 0.3 is 0 Å². The van der Waals surface area contributed by atoms with Gasteiger partial charge in [-0.25, -0.2) is 4.98 Å². The first kappa shape index (κ1) is 14.1. The number of nitrogens with zero attached hydrogens (tertiary/aromatic N) is 1. The number of hydrogen-bond donors (Lipinski definition) is 2. The summed E-state index contributed by atoms with van der Waals surface area (Å²) in [6.07, 6.45) is 3.53. The molecule has 1 amide bonds. The number of amides is 1. The first-order valence-electron chi connectivity index (χ1n) is 7.27. The van der Waals surface area contributed by atoms with Crippen molar-refractivity contribution >= 4 is 22.4 Å². The molecule has 21 heavy (non-hydrogen) atoms. The first-order valence-corrected chi connectivity index (χ1v) is 8.14. The van der Waals surface area contributed by atoms with Gasteiger partial charge in [0.2, 0.25) is 5.91 Å². The van der Waals surface area contributed by atoms with E-state index >= 15 is 0 Å². The zero-order valence-corrected chi connectivity index (χ0v) is 12.7. The van der Waals surface area contributed by atoms with Crippen LogP contribution in [-0.4, -0.2) is 17.4 Å². The van der Waals surface area contributed by atoms with Crippen LogP contribution in [0.15, 0.2) is 29.6 Å². The Kier molecular flexibility index (Phi) is 4.20. The first-order chi connectivity index (χ1) is 10.2. The lowest BCUT2D eigenvalue weighted by molar-refractivity contribution is -0.125. The number of nitrogens with one attached hydrogen (secondary N) is 1. The standard InChI is InChI=1S/C16H19N3OS/c17-16-19-14(10-21-16)7-8-18-15(20)13-6-5-11-3-1-2-4-12(11)9-13/h1-4,10,13H,5-9H2,(H2,17,19)(H,18,20). The minimum Gasteiger partial charge on any atom is -0.375 e. The van der Waals surface area contributed by atoms with E-state index in [0.29, 0.717) is 11.7 Å². The largest absolute Gasteiger partial charge is 0.375 e. The summed E-state index contributed by atoms with van der Waals surface area (Å²) in [6.45, 7) is 0.625. The molecule has 5 heteroatoms. The lowest BCUT2D eigenvalue weighted by atomic mass is 9.83. The van der Waals surface area contributed by atoms with Crippen LogP contribution in [0.5, 0.6) is 0 Å². The van der Waals surface area contributed by atoms with Crippen molar-refractivity contribution in [2.24, 2.45) is 5.92 Å². The molecule has 2 aromatic rings. The zero-order chi connectivity index (χ0) is 14.7. The van der Waals surface area contributed by atoms with E-state index in [4.69, 9.17) is 5.73 Å². The molecule has 3 rings (SSSR count). The Balaban J connectivity index is 1.50. The molecule has 0 radical (unpaired) electrons. The van der Waals surface area contributed by atoms with Gasteiger partial charge in [-0.1, -0.05) is 24.3 Å². The van der Waals surface area contributed by atoms with E-state index in [-0.39, 0.29) is 11.8 Å². The van der Waals surface area contributed by atoms with Crippen molar-refractivity contribution in [1.29, 1.82) is 0 Å². The molecule has 0 fully saturated rings. The van der Waals surface area contributed by atoms with E-state index < -0.39 is 0 Å². The molecule has 0 saturated heterocycles. The number of aryl methyl sites for hydroxylation is 1. The number of thiazole rings is 1. The van der Waals surface area contributed by atoms with Crippen LogP contribution < -0.4 is 11.1 Å². The van der Waals surface area contributed by atoms with E-state index in [0.717, 1.165) is 31.4 Å². The number of benzene rings is 1. The summed E-state index contributed by atoms with van der Waals surface area (Å²) in [6, 6.07) is 8.41. The Morgan fingerprint density at radius 2 is 2.19 bits per heavy atom. The maximum atomic E-state index is 12.2. The summed E-state index contributed by atoms with van der Waals surface area (Å²) in [5.41, 5.74) is 9.25. The van der Waals surface area contributed by atoms with Crippen molar-refractivity contribution in [2.75, 3.05) is 12.3 Å². The van der Waals surface area contributed by atoms with E-state index in [9.17, 15) is 4.79 Å². The molecule has 0 aliphatic heterocycles. The number of nitrogens with two attached hydrogens (primary N) is 1. The molecule has 0 bridgehead atoms. The lowest BCUT2D eigenvalue weighted by Gasteiger charge is -2.23. The summed E-state index contributed by atoms with van der Waals surface area (Å²) in [7, 11) is 0. The highest BCUT2D eigenvalue weighted by atomic mass is 32.1. The van der Waals surface area contributed by atoms with E-state index in [2.05, 4.69) is 28.5 Å². The van der Waals surface area contributed by atoms with Crippen molar-refractivity contribution in [3.63, 3.8) is 0 Å². The van der Waals surface area contributed by atoms with Crippen molar-refractivity contribution in [2.45, 2.75) is 25.7 Å². The molecule has 110 valence electrons. The van der Waals surface area contributed by atoms with Crippen molar-refractivity contribution in [3.8, 4) is 0 Å². The van der Waals surface area contributed by atoms with E-state index in [1.54, 1.807) is 0 Å². The molecule has 1 atom stereocenters. The van der Waals surface area contributed by atoms with Gasteiger partial charge in [0.05, 0.1) is 5.69 Å². The molecule has 1 aliphatic carbocycles. The van der Waals surface area contributed by atoms with Gasteiger partial charge in [-0.05, 0) is 30.4 Å². The molecular weight excluding hydrogens is 282 g/mol. The van der Waals surface area contributed by atoms with Crippen LogP contribution in [0.1, 0.15) is 23.2 Å². The van der Waals surface area contributed by atoms with Crippen LogP contribution in [-0.2, 0) is 24.1 Å².